The first-order valence-electron chi connectivity index (χ1n) is 12.1. The number of anilines is 2. The fourth-order valence-corrected chi connectivity index (χ4v) is 7.36. The number of nitrogens with zero attached hydrogens (tertiary/aromatic N) is 3. The minimum absolute atomic E-state index is 0.0694. The predicted molar refractivity (Wildman–Crippen MR) is 126 cm³/mol. The molecule has 7 heteroatoms. The molecule has 0 aromatic heterocycles. The van der Waals surface area contributed by atoms with E-state index in [4.69, 9.17) is 0 Å². The Bertz CT molecular complexity index is 871. The van der Waals surface area contributed by atoms with E-state index >= 15 is 0 Å². The van der Waals surface area contributed by atoms with E-state index in [1.165, 1.54) is 38.5 Å². The highest BCUT2D eigenvalue weighted by atomic mass is 16.6. The normalized spacial score (nSPS) is 30.9. The lowest BCUT2D eigenvalue weighted by Gasteiger charge is -2.57. The summed E-state index contributed by atoms with van der Waals surface area (Å²) in [4.78, 5) is 28.5. The van der Waals surface area contributed by atoms with Crippen LogP contribution in [0.5, 0.6) is 0 Å². The molecule has 172 valence electrons. The molecule has 1 aromatic rings. The molecular formula is C25H34N4O3. The van der Waals surface area contributed by atoms with Crippen molar-refractivity contribution >= 4 is 23.0 Å². The molecule has 0 spiro atoms. The Morgan fingerprint density at radius 3 is 2.31 bits per heavy atom. The van der Waals surface area contributed by atoms with Gasteiger partial charge in [0, 0.05) is 50.9 Å². The van der Waals surface area contributed by atoms with Gasteiger partial charge < -0.3 is 15.1 Å². The average Bonchev–Trinajstić information content (AvgIpc) is 2.76. The van der Waals surface area contributed by atoms with Crippen LogP contribution in [0.25, 0.3) is 0 Å². The highest BCUT2D eigenvalue weighted by Gasteiger charge is 2.51. The molecule has 5 fully saturated rings. The molecule has 4 aliphatic carbocycles. The lowest BCUT2D eigenvalue weighted by Crippen LogP contribution is -2.52. The van der Waals surface area contributed by atoms with E-state index in [9.17, 15) is 14.9 Å². The zero-order valence-electron chi connectivity index (χ0n) is 18.8. The van der Waals surface area contributed by atoms with Crippen LogP contribution in [0.1, 0.15) is 44.9 Å². The van der Waals surface area contributed by atoms with Gasteiger partial charge in [0.05, 0.1) is 4.92 Å². The first-order valence-corrected chi connectivity index (χ1v) is 12.1. The van der Waals surface area contributed by atoms with E-state index in [1.54, 1.807) is 12.1 Å². The van der Waals surface area contributed by atoms with Crippen molar-refractivity contribution in [3.8, 4) is 0 Å². The summed E-state index contributed by atoms with van der Waals surface area (Å²) in [6.07, 6.45) is 10.5. The van der Waals surface area contributed by atoms with E-state index in [-0.39, 0.29) is 16.0 Å². The van der Waals surface area contributed by atoms with E-state index < -0.39 is 0 Å². The van der Waals surface area contributed by atoms with Gasteiger partial charge in [0.1, 0.15) is 5.69 Å². The number of nitro benzene ring substituents is 1. The summed E-state index contributed by atoms with van der Waals surface area (Å²) in [5.41, 5.74) is 1.82. The van der Waals surface area contributed by atoms with Crippen molar-refractivity contribution < 1.29 is 9.72 Å². The zero-order valence-corrected chi connectivity index (χ0v) is 18.8. The van der Waals surface area contributed by atoms with Gasteiger partial charge in [-0.15, -0.1) is 6.58 Å². The maximum absolute atomic E-state index is 13.2. The van der Waals surface area contributed by atoms with Crippen LogP contribution in [0.15, 0.2) is 30.9 Å². The highest BCUT2D eigenvalue weighted by molar-refractivity contribution is 5.77. The third-order valence-electron chi connectivity index (χ3n) is 8.30. The SMILES string of the molecule is C=CCNc1cc(N2CCN(C(=O)CC34CC5CC(CC(C5)C3)C4)CC2)ccc1[N+](=O)[O-]. The van der Waals surface area contributed by atoms with Crippen molar-refractivity contribution in [1.29, 1.82) is 0 Å². The van der Waals surface area contributed by atoms with Gasteiger partial charge in [0.15, 0.2) is 0 Å². The summed E-state index contributed by atoms with van der Waals surface area (Å²) in [5.74, 6) is 2.95. The Labute approximate surface area is 190 Å². The second kappa shape index (κ2) is 8.41. The summed E-state index contributed by atoms with van der Waals surface area (Å²) in [5, 5.41) is 14.4. The molecule has 1 aliphatic heterocycles. The van der Waals surface area contributed by atoms with E-state index in [0.717, 1.165) is 56.0 Å². The molecule has 4 saturated carbocycles. The number of nitro groups is 1. The van der Waals surface area contributed by atoms with Crippen LogP contribution in [0.3, 0.4) is 0 Å². The van der Waals surface area contributed by atoms with Crippen molar-refractivity contribution in [3.63, 3.8) is 0 Å². The van der Waals surface area contributed by atoms with Crippen molar-refractivity contribution in [2.45, 2.75) is 44.9 Å². The Hall–Kier alpha value is -2.57. The molecule has 4 bridgehead atoms. The molecule has 0 radical (unpaired) electrons. The van der Waals surface area contributed by atoms with Gasteiger partial charge in [-0.1, -0.05) is 6.08 Å². The summed E-state index contributed by atoms with van der Waals surface area (Å²) >= 11 is 0. The van der Waals surface area contributed by atoms with Crippen molar-refractivity contribution in [2.75, 3.05) is 42.9 Å². The number of nitrogens with one attached hydrogen (secondary N) is 1. The van der Waals surface area contributed by atoms with Crippen LogP contribution in [-0.4, -0.2) is 48.5 Å². The number of hydrogen-bond donors (Lipinski definition) is 1. The Kier molecular flexibility index (Phi) is 5.59. The molecule has 0 unspecified atom stereocenters. The number of carbonyl (C=O) groups is 1. The molecule has 1 saturated heterocycles. The van der Waals surface area contributed by atoms with Gasteiger partial charge in [-0.05, 0) is 73.8 Å². The maximum Gasteiger partial charge on any atom is 0.292 e. The van der Waals surface area contributed by atoms with Crippen molar-refractivity contribution in [2.24, 2.45) is 23.2 Å². The molecule has 1 N–H and O–H groups in total. The van der Waals surface area contributed by atoms with Gasteiger partial charge in [0.25, 0.3) is 5.69 Å². The van der Waals surface area contributed by atoms with Gasteiger partial charge in [-0.25, -0.2) is 0 Å². The lowest BCUT2D eigenvalue weighted by molar-refractivity contribution is -0.383. The van der Waals surface area contributed by atoms with Gasteiger partial charge in [-0.2, -0.15) is 0 Å². The van der Waals surface area contributed by atoms with E-state index in [1.807, 2.05) is 12.1 Å². The monoisotopic (exact) mass is 438 g/mol. The topological polar surface area (TPSA) is 78.7 Å². The van der Waals surface area contributed by atoms with Crippen LogP contribution in [0.4, 0.5) is 17.1 Å². The summed E-state index contributed by atoms with van der Waals surface area (Å²) in [6, 6.07) is 5.21. The zero-order chi connectivity index (χ0) is 22.3. The fraction of sp³-hybridized carbons (Fsp3) is 0.640. The van der Waals surface area contributed by atoms with Gasteiger partial charge in [-0.3, -0.25) is 14.9 Å². The lowest BCUT2D eigenvalue weighted by atomic mass is 9.49. The van der Waals surface area contributed by atoms with Crippen LogP contribution in [-0.2, 0) is 4.79 Å². The van der Waals surface area contributed by atoms with E-state index in [2.05, 4.69) is 21.7 Å². The fourth-order valence-electron chi connectivity index (χ4n) is 7.36. The van der Waals surface area contributed by atoms with Crippen molar-refractivity contribution in [1.82, 2.24) is 4.90 Å². The standard InChI is InChI=1S/C25H34N4O3/c1-2-5-26-22-13-21(3-4-23(22)29(31)32)27-6-8-28(9-7-27)24(30)17-25-14-18-10-19(15-25)12-20(11-18)16-25/h2-4,13,18-20,26H,1,5-12,14-17H2. The number of benzene rings is 1. The third-order valence-corrected chi connectivity index (χ3v) is 8.30. The Morgan fingerprint density at radius 1 is 1.12 bits per heavy atom. The highest BCUT2D eigenvalue weighted by Crippen LogP contribution is 2.61. The molecule has 1 heterocycles. The first-order chi connectivity index (χ1) is 15.4. The Morgan fingerprint density at radius 2 is 1.75 bits per heavy atom. The molecular weight excluding hydrogens is 404 g/mol. The number of piperazine rings is 1. The largest absolute Gasteiger partial charge is 0.376 e. The minimum atomic E-state index is -0.365. The van der Waals surface area contributed by atoms with Crippen LogP contribution >= 0.6 is 0 Å². The summed E-state index contributed by atoms with van der Waals surface area (Å²) in [6.45, 7) is 7.09. The van der Waals surface area contributed by atoms with Crippen LogP contribution < -0.4 is 10.2 Å². The van der Waals surface area contributed by atoms with E-state index in [0.29, 0.717) is 18.1 Å². The number of hydrogen-bond acceptors (Lipinski definition) is 5. The predicted octanol–water partition coefficient (Wildman–Crippen LogP) is 4.45. The molecule has 7 nitrogen and oxygen atoms in total. The van der Waals surface area contributed by atoms with Gasteiger partial charge in [0.2, 0.25) is 5.91 Å². The number of carbonyl (C=O) groups excluding carboxylic acids is 1. The molecule has 32 heavy (non-hydrogen) atoms. The summed E-state index contributed by atoms with van der Waals surface area (Å²) in [7, 11) is 0. The second-order valence-corrected chi connectivity index (χ2v) is 10.6. The second-order valence-electron chi connectivity index (χ2n) is 10.6. The molecule has 1 amide bonds. The van der Waals surface area contributed by atoms with Crippen molar-refractivity contribution in [3.05, 3.63) is 41.0 Å². The van der Waals surface area contributed by atoms with Gasteiger partial charge >= 0.3 is 0 Å². The molecule has 1 aromatic carbocycles. The smallest absolute Gasteiger partial charge is 0.292 e. The number of amides is 1. The minimum Gasteiger partial charge on any atom is -0.376 e. The molecule has 6 rings (SSSR count). The first kappa shape index (κ1) is 21.3. The molecule has 5 aliphatic rings. The Balaban J connectivity index is 1.20. The van der Waals surface area contributed by atoms with Crippen LogP contribution in [0.2, 0.25) is 0 Å². The third kappa shape index (κ3) is 4.09. The summed E-state index contributed by atoms with van der Waals surface area (Å²) < 4.78 is 0. The quantitative estimate of drug-likeness (QED) is 0.387. The molecule has 0 atom stereocenters. The average molecular weight is 439 g/mol. The number of rotatable bonds is 7. The van der Waals surface area contributed by atoms with Crippen LogP contribution in [0, 0.1) is 33.3 Å². The maximum atomic E-state index is 13.2.